The molecular weight excluding hydrogens is 258 g/mol. The Hall–Kier alpha value is -0.470. The summed E-state index contributed by atoms with van der Waals surface area (Å²) in [5.41, 5.74) is 0. The molecule has 1 rings (SSSR count). The van der Waals surface area contributed by atoms with Gasteiger partial charge in [-0.2, -0.15) is 12.7 Å². The zero-order chi connectivity index (χ0) is 13.1. The van der Waals surface area contributed by atoms with Crippen LogP contribution in [0.3, 0.4) is 0 Å². The van der Waals surface area contributed by atoms with E-state index in [1.54, 1.807) is 11.3 Å². The summed E-state index contributed by atoms with van der Waals surface area (Å²) in [6.45, 7) is 0.369. The van der Waals surface area contributed by atoms with Gasteiger partial charge in [0.25, 0.3) is 10.2 Å². The Labute approximate surface area is 107 Å². The zero-order valence-electron chi connectivity index (χ0n) is 10.5. The van der Waals surface area contributed by atoms with Crippen LogP contribution in [0.2, 0.25) is 0 Å². The number of likely N-dealkylation sites (N-methyl/N-ethyl adjacent to an activating group) is 1. The molecule has 0 radical (unpaired) electrons. The highest BCUT2D eigenvalue weighted by atomic mass is 32.2. The Morgan fingerprint density at radius 1 is 1.35 bits per heavy atom. The Balaban J connectivity index is 2.71. The second-order valence-corrected chi connectivity index (χ2v) is 7.08. The van der Waals surface area contributed by atoms with E-state index in [0.717, 1.165) is 4.88 Å². The van der Waals surface area contributed by atoms with Crippen molar-refractivity contribution in [2.75, 3.05) is 34.7 Å². The summed E-state index contributed by atoms with van der Waals surface area (Å²) in [6.07, 6.45) is 0. The molecule has 0 aliphatic carbocycles. The lowest BCUT2D eigenvalue weighted by Crippen LogP contribution is -2.40. The van der Waals surface area contributed by atoms with Gasteiger partial charge in [0.15, 0.2) is 0 Å². The van der Waals surface area contributed by atoms with Gasteiger partial charge in [0.2, 0.25) is 0 Å². The molecule has 1 aromatic rings. The number of hydrogen-bond donors (Lipinski definition) is 1. The molecule has 1 atom stereocenters. The SMILES string of the molecule is CN(C)C(CNS(=O)(=O)N(C)C)c1cccs1. The van der Waals surface area contributed by atoms with Crippen LogP contribution in [0.15, 0.2) is 17.5 Å². The van der Waals surface area contributed by atoms with E-state index < -0.39 is 10.2 Å². The average molecular weight is 277 g/mol. The molecule has 0 saturated carbocycles. The summed E-state index contributed by atoms with van der Waals surface area (Å²) in [6, 6.07) is 4.04. The van der Waals surface area contributed by atoms with Crippen molar-refractivity contribution in [1.82, 2.24) is 13.9 Å². The van der Waals surface area contributed by atoms with Gasteiger partial charge in [-0.3, -0.25) is 0 Å². The molecule has 7 heteroatoms. The van der Waals surface area contributed by atoms with Gasteiger partial charge < -0.3 is 4.90 Å². The topological polar surface area (TPSA) is 52.7 Å². The Kier molecular flexibility index (Phi) is 5.08. The summed E-state index contributed by atoms with van der Waals surface area (Å²) in [5, 5.41) is 1.99. The van der Waals surface area contributed by atoms with Gasteiger partial charge in [-0.1, -0.05) is 6.07 Å². The third-order valence-electron chi connectivity index (χ3n) is 2.43. The Bertz CT molecular complexity index is 426. The zero-order valence-corrected chi connectivity index (χ0v) is 12.2. The first kappa shape index (κ1) is 14.6. The van der Waals surface area contributed by atoms with Crippen molar-refractivity contribution in [3.05, 3.63) is 22.4 Å². The van der Waals surface area contributed by atoms with Crippen LogP contribution in [0.4, 0.5) is 0 Å². The van der Waals surface area contributed by atoms with Crippen LogP contribution in [0.1, 0.15) is 10.9 Å². The fourth-order valence-corrected chi connectivity index (χ4v) is 2.88. The van der Waals surface area contributed by atoms with E-state index in [-0.39, 0.29) is 6.04 Å². The van der Waals surface area contributed by atoms with E-state index in [4.69, 9.17) is 0 Å². The monoisotopic (exact) mass is 277 g/mol. The van der Waals surface area contributed by atoms with Crippen molar-refractivity contribution in [3.8, 4) is 0 Å². The predicted molar refractivity (Wildman–Crippen MR) is 71.4 cm³/mol. The van der Waals surface area contributed by atoms with E-state index in [2.05, 4.69) is 4.72 Å². The molecule has 0 spiro atoms. The van der Waals surface area contributed by atoms with E-state index in [0.29, 0.717) is 6.54 Å². The molecule has 0 aliphatic rings. The lowest BCUT2D eigenvalue weighted by molar-refractivity contribution is 0.302. The van der Waals surface area contributed by atoms with Gasteiger partial charge in [-0.05, 0) is 25.5 Å². The number of thiophene rings is 1. The Morgan fingerprint density at radius 2 is 2.00 bits per heavy atom. The largest absolute Gasteiger partial charge is 0.300 e. The summed E-state index contributed by atoms with van der Waals surface area (Å²) in [4.78, 5) is 3.15. The van der Waals surface area contributed by atoms with Gasteiger partial charge >= 0.3 is 0 Å². The quantitative estimate of drug-likeness (QED) is 0.835. The lowest BCUT2D eigenvalue weighted by atomic mass is 10.2. The van der Waals surface area contributed by atoms with Crippen molar-refractivity contribution in [2.45, 2.75) is 6.04 Å². The molecule has 1 aromatic heterocycles. The first-order valence-corrected chi connectivity index (χ1v) is 7.53. The normalized spacial score (nSPS) is 14.5. The second kappa shape index (κ2) is 5.92. The standard InChI is InChI=1S/C10H19N3O2S2/c1-12(2)9(10-6-5-7-16-10)8-11-17(14,15)13(3)4/h5-7,9,11H,8H2,1-4H3. The van der Waals surface area contributed by atoms with Gasteiger partial charge in [-0.15, -0.1) is 11.3 Å². The molecular formula is C10H19N3O2S2. The van der Waals surface area contributed by atoms with Gasteiger partial charge in [0.05, 0.1) is 6.04 Å². The second-order valence-electron chi connectivity index (χ2n) is 4.13. The summed E-state index contributed by atoms with van der Waals surface area (Å²) in [5.74, 6) is 0. The predicted octanol–water partition coefficient (Wildman–Crippen LogP) is 0.747. The molecule has 0 bridgehead atoms. The van der Waals surface area contributed by atoms with Crippen LogP contribution in [-0.2, 0) is 10.2 Å². The Morgan fingerprint density at radius 3 is 2.41 bits per heavy atom. The summed E-state index contributed by atoms with van der Waals surface area (Å²) in [7, 11) is 3.55. The third kappa shape index (κ3) is 4.04. The smallest absolute Gasteiger partial charge is 0.278 e. The molecule has 1 N–H and O–H groups in total. The highest BCUT2D eigenvalue weighted by Crippen LogP contribution is 2.22. The number of rotatable bonds is 6. The fourth-order valence-electron chi connectivity index (χ4n) is 1.33. The maximum Gasteiger partial charge on any atom is 0.278 e. The van der Waals surface area contributed by atoms with Crippen molar-refractivity contribution >= 4 is 21.5 Å². The molecule has 1 heterocycles. The third-order valence-corrected chi connectivity index (χ3v) is 4.90. The number of nitrogens with one attached hydrogen (secondary N) is 1. The molecule has 0 saturated heterocycles. The highest BCUT2D eigenvalue weighted by molar-refractivity contribution is 7.87. The first-order valence-electron chi connectivity index (χ1n) is 5.21. The molecule has 0 aromatic carbocycles. The summed E-state index contributed by atoms with van der Waals surface area (Å²) < 4.78 is 27.0. The van der Waals surface area contributed by atoms with E-state index >= 15 is 0 Å². The maximum atomic E-state index is 11.6. The maximum absolute atomic E-state index is 11.6. The first-order chi connectivity index (χ1) is 7.84. The van der Waals surface area contributed by atoms with Crippen LogP contribution in [0, 0.1) is 0 Å². The van der Waals surface area contributed by atoms with Crippen LogP contribution in [-0.4, -0.2) is 52.4 Å². The van der Waals surface area contributed by atoms with Crippen LogP contribution < -0.4 is 4.72 Å². The molecule has 98 valence electrons. The van der Waals surface area contributed by atoms with Crippen LogP contribution >= 0.6 is 11.3 Å². The van der Waals surface area contributed by atoms with Crippen molar-refractivity contribution < 1.29 is 8.42 Å². The molecule has 0 aliphatic heterocycles. The highest BCUT2D eigenvalue weighted by Gasteiger charge is 2.19. The van der Waals surface area contributed by atoms with Gasteiger partial charge in [0.1, 0.15) is 0 Å². The van der Waals surface area contributed by atoms with Crippen molar-refractivity contribution in [3.63, 3.8) is 0 Å². The van der Waals surface area contributed by atoms with Crippen molar-refractivity contribution in [2.24, 2.45) is 0 Å². The number of nitrogens with zero attached hydrogens (tertiary/aromatic N) is 2. The van der Waals surface area contributed by atoms with Crippen LogP contribution in [0.5, 0.6) is 0 Å². The number of hydrogen-bond acceptors (Lipinski definition) is 4. The minimum Gasteiger partial charge on any atom is -0.300 e. The lowest BCUT2D eigenvalue weighted by Gasteiger charge is -2.24. The van der Waals surface area contributed by atoms with Crippen LogP contribution in [0.25, 0.3) is 0 Å². The minimum absolute atomic E-state index is 0.0599. The average Bonchev–Trinajstić information content (AvgIpc) is 2.70. The van der Waals surface area contributed by atoms with Crippen molar-refractivity contribution in [1.29, 1.82) is 0 Å². The molecule has 1 unspecified atom stereocenters. The van der Waals surface area contributed by atoms with E-state index in [9.17, 15) is 8.42 Å². The van der Waals surface area contributed by atoms with Gasteiger partial charge in [-0.25, -0.2) is 4.72 Å². The molecule has 0 fully saturated rings. The molecule has 5 nitrogen and oxygen atoms in total. The fraction of sp³-hybridized carbons (Fsp3) is 0.600. The molecule has 0 amide bonds. The minimum atomic E-state index is -3.36. The molecule has 17 heavy (non-hydrogen) atoms. The van der Waals surface area contributed by atoms with Gasteiger partial charge in [0, 0.05) is 25.5 Å². The van der Waals surface area contributed by atoms with E-state index in [1.165, 1.54) is 18.4 Å². The van der Waals surface area contributed by atoms with E-state index in [1.807, 2.05) is 36.5 Å². The summed E-state index contributed by atoms with van der Waals surface area (Å²) >= 11 is 1.63.